The minimum absolute atomic E-state index is 0.0441. The van der Waals surface area contributed by atoms with E-state index in [1.807, 2.05) is 0 Å². The molecule has 0 aliphatic heterocycles. The third-order valence-corrected chi connectivity index (χ3v) is 6.57. The summed E-state index contributed by atoms with van der Waals surface area (Å²) in [6, 6.07) is 17.2. The molecule has 0 fully saturated rings. The van der Waals surface area contributed by atoms with Gasteiger partial charge in [-0.3, -0.25) is 4.79 Å². The molecule has 0 heterocycles. The Bertz CT molecular complexity index is 1440. The Balaban J connectivity index is 1.89. The highest BCUT2D eigenvalue weighted by atomic mass is 79.9. The van der Waals surface area contributed by atoms with Crippen molar-refractivity contribution >= 4 is 49.0 Å². The second-order valence-corrected chi connectivity index (χ2v) is 9.58. The van der Waals surface area contributed by atoms with Crippen molar-refractivity contribution in [3.05, 3.63) is 88.2 Å². The average Bonchev–Trinajstić information content (AvgIpc) is 2.83. The van der Waals surface area contributed by atoms with E-state index in [2.05, 4.69) is 26.4 Å². The lowest BCUT2D eigenvalue weighted by Crippen LogP contribution is -2.15. The summed E-state index contributed by atoms with van der Waals surface area (Å²) in [7, 11) is -3.95. The van der Waals surface area contributed by atoms with E-state index < -0.39 is 21.8 Å². The van der Waals surface area contributed by atoms with Gasteiger partial charge >= 0.3 is 0 Å². The van der Waals surface area contributed by atoms with E-state index in [1.165, 1.54) is 25.1 Å². The molecule has 0 atom stereocenters. The number of rotatable bonds is 6. The van der Waals surface area contributed by atoms with Crippen molar-refractivity contribution in [1.29, 1.82) is 0 Å². The molecular formula is C23H20BrFN4O4S. The number of hydrogen-bond acceptors (Lipinski definition) is 5. The zero-order valence-electron chi connectivity index (χ0n) is 17.8. The first-order valence-corrected chi connectivity index (χ1v) is 12.0. The van der Waals surface area contributed by atoms with Gasteiger partial charge in [-0.15, -0.1) is 0 Å². The number of carbonyl (C=O) groups excluding carboxylic acids is 1. The molecule has 6 N–H and O–H groups in total. The number of hydrogen-bond donors (Lipinski definition) is 4. The highest BCUT2D eigenvalue weighted by Crippen LogP contribution is 2.33. The van der Waals surface area contributed by atoms with Crippen molar-refractivity contribution in [2.24, 2.45) is 16.0 Å². The zero-order valence-corrected chi connectivity index (χ0v) is 20.2. The number of amides is 1. The van der Waals surface area contributed by atoms with Gasteiger partial charge in [-0.2, -0.15) is 0 Å². The van der Waals surface area contributed by atoms with E-state index in [1.54, 1.807) is 48.5 Å². The molecule has 0 aliphatic rings. The number of primary sulfonamides is 1. The van der Waals surface area contributed by atoms with Gasteiger partial charge in [-0.05, 0) is 63.8 Å². The second-order valence-electron chi connectivity index (χ2n) is 7.19. The number of amidine groups is 1. The fourth-order valence-electron chi connectivity index (χ4n) is 3.18. The molecular weight excluding hydrogens is 527 g/mol. The fraction of sp³-hybridized carbons (Fsp3) is 0.0435. The lowest BCUT2D eigenvalue weighted by molar-refractivity contribution is -0.114. The lowest BCUT2D eigenvalue weighted by atomic mass is 10.0. The van der Waals surface area contributed by atoms with E-state index >= 15 is 0 Å². The number of nitrogens with zero attached hydrogens (tertiary/aromatic N) is 1. The van der Waals surface area contributed by atoms with Gasteiger partial charge in [0.1, 0.15) is 0 Å². The Morgan fingerprint density at radius 2 is 1.74 bits per heavy atom. The smallest absolute Gasteiger partial charge is 0.284 e. The second kappa shape index (κ2) is 10.2. The van der Waals surface area contributed by atoms with Crippen molar-refractivity contribution in [2.75, 3.05) is 5.32 Å². The van der Waals surface area contributed by atoms with Crippen LogP contribution in [0.2, 0.25) is 0 Å². The number of anilines is 1. The van der Waals surface area contributed by atoms with E-state index in [4.69, 9.17) is 16.1 Å². The molecule has 0 aromatic heterocycles. The minimum atomic E-state index is -3.95. The Morgan fingerprint density at radius 1 is 1.06 bits per heavy atom. The normalized spacial score (nSPS) is 12.8. The molecule has 3 aromatic carbocycles. The summed E-state index contributed by atoms with van der Waals surface area (Å²) in [6.45, 7) is 1.43. The molecule has 0 radical (unpaired) electrons. The summed E-state index contributed by atoms with van der Waals surface area (Å²) >= 11 is 3.33. The standard InChI is InChI=1S/C23H20BrFN4O4S/c1-13(14-5-4-6-16(11-14)22(26)29-31)21(25)23(30)28-19-10-9-15(12-18(19)24)17-7-2-3-8-20(17)34(27,32)33/h2-12,31H,1H3,(H2,26,29)(H,28,30)(H2,27,32,33)/b21-13+. The SMILES string of the molecule is C/C(=C(\F)C(=O)Nc1ccc(-c2ccccc2S(N)(=O)=O)cc1Br)c1cccc(C(N)=NO)c1. The van der Waals surface area contributed by atoms with Crippen LogP contribution in [-0.4, -0.2) is 25.4 Å². The highest BCUT2D eigenvalue weighted by molar-refractivity contribution is 9.10. The predicted molar refractivity (Wildman–Crippen MR) is 132 cm³/mol. The van der Waals surface area contributed by atoms with Gasteiger partial charge in [0.25, 0.3) is 5.91 Å². The molecule has 34 heavy (non-hydrogen) atoms. The summed E-state index contributed by atoms with van der Waals surface area (Å²) in [5, 5.41) is 19.5. The Labute approximate surface area is 204 Å². The van der Waals surface area contributed by atoms with Crippen molar-refractivity contribution < 1.29 is 22.8 Å². The summed E-state index contributed by atoms with van der Waals surface area (Å²) in [6.07, 6.45) is 0. The number of nitrogens with two attached hydrogens (primary N) is 2. The molecule has 0 aliphatic carbocycles. The van der Waals surface area contributed by atoms with Gasteiger partial charge < -0.3 is 16.3 Å². The van der Waals surface area contributed by atoms with Gasteiger partial charge in [0, 0.05) is 15.6 Å². The molecule has 176 valence electrons. The molecule has 0 bridgehead atoms. The molecule has 3 rings (SSSR count). The first-order chi connectivity index (χ1) is 16.0. The number of sulfonamides is 1. The number of allylic oxidation sites excluding steroid dienone is 1. The molecule has 0 saturated carbocycles. The van der Waals surface area contributed by atoms with Crippen LogP contribution in [0.1, 0.15) is 18.1 Å². The third-order valence-electron chi connectivity index (χ3n) is 4.95. The average molecular weight is 547 g/mol. The lowest BCUT2D eigenvalue weighted by Gasteiger charge is -2.12. The van der Waals surface area contributed by atoms with E-state index in [0.29, 0.717) is 26.7 Å². The van der Waals surface area contributed by atoms with Gasteiger partial charge in [0.05, 0.1) is 10.6 Å². The molecule has 0 unspecified atom stereocenters. The van der Waals surface area contributed by atoms with Crippen LogP contribution in [0.25, 0.3) is 16.7 Å². The summed E-state index contributed by atoms with van der Waals surface area (Å²) < 4.78 is 39.1. The highest BCUT2D eigenvalue weighted by Gasteiger charge is 2.18. The van der Waals surface area contributed by atoms with Crippen LogP contribution in [0.4, 0.5) is 10.1 Å². The Morgan fingerprint density at radius 3 is 2.38 bits per heavy atom. The number of benzene rings is 3. The van der Waals surface area contributed by atoms with Crippen LogP contribution in [0.15, 0.2) is 87.1 Å². The quantitative estimate of drug-likeness (QED) is 0.120. The third kappa shape index (κ3) is 5.50. The molecule has 8 nitrogen and oxygen atoms in total. The van der Waals surface area contributed by atoms with Crippen LogP contribution in [0.5, 0.6) is 0 Å². The maximum atomic E-state index is 14.9. The van der Waals surface area contributed by atoms with E-state index in [9.17, 15) is 17.6 Å². The minimum Gasteiger partial charge on any atom is -0.409 e. The predicted octanol–water partition coefficient (Wildman–Crippen LogP) is 4.20. The summed E-state index contributed by atoms with van der Waals surface area (Å²) in [5.41, 5.74) is 7.56. The number of oxime groups is 1. The van der Waals surface area contributed by atoms with Crippen molar-refractivity contribution in [3.63, 3.8) is 0 Å². The molecule has 3 aromatic rings. The largest absolute Gasteiger partial charge is 0.409 e. The van der Waals surface area contributed by atoms with Crippen LogP contribution in [0, 0.1) is 0 Å². The first-order valence-electron chi connectivity index (χ1n) is 9.70. The van der Waals surface area contributed by atoms with Crippen LogP contribution < -0.4 is 16.2 Å². The molecule has 0 saturated heterocycles. The van der Waals surface area contributed by atoms with Crippen LogP contribution in [0.3, 0.4) is 0 Å². The summed E-state index contributed by atoms with van der Waals surface area (Å²) in [4.78, 5) is 12.5. The number of nitrogens with one attached hydrogen (secondary N) is 1. The fourth-order valence-corrected chi connectivity index (χ4v) is 4.42. The van der Waals surface area contributed by atoms with Gasteiger partial charge in [0.2, 0.25) is 10.0 Å². The monoisotopic (exact) mass is 546 g/mol. The van der Waals surface area contributed by atoms with E-state index in [-0.39, 0.29) is 22.0 Å². The molecule has 1 amide bonds. The Hall–Kier alpha value is -3.54. The van der Waals surface area contributed by atoms with Crippen molar-refractivity contribution in [3.8, 4) is 11.1 Å². The summed E-state index contributed by atoms with van der Waals surface area (Å²) in [5.74, 6) is -2.15. The Kier molecular flexibility index (Phi) is 7.50. The van der Waals surface area contributed by atoms with Gasteiger partial charge in [-0.25, -0.2) is 17.9 Å². The maximum absolute atomic E-state index is 14.9. The van der Waals surface area contributed by atoms with Crippen molar-refractivity contribution in [2.45, 2.75) is 11.8 Å². The van der Waals surface area contributed by atoms with Crippen molar-refractivity contribution in [1.82, 2.24) is 0 Å². The van der Waals surface area contributed by atoms with E-state index in [0.717, 1.165) is 0 Å². The maximum Gasteiger partial charge on any atom is 0.284 e. The molecule has 0 spiro atoms. The van der Waals surface area contributed by atoms with Gasteiger partial charge in [-0.1, -0.05) is 47.6 Å². The van der Waals surface area contributed by atoms with Gasteiger partial charge in [0.15, 0.2) is 11.7 Å². The number of halogens is 2. The zero-order chi connectivity index (χ0) is 25.0. The number of carbonyl (C=O) groups is 1. The molecule has 11 heteroatoms. The topological polar surface area (TPSA) is 148 Å². The first kappa shape index (κ1) is 25.1. The van der Waals surface area contributed by atoms with Crippen LogP contribution in [-0.2, 0) is 14.8 Å². The van der Waals surface area contributed by atoms with Crippen LogP contribution >= 0.6 is 15.9 Å².